The number of ether oxygens (including phenoxy) is 2. The van der Waals surface area contributed by atoms with Crippen LogP contribution in [0.1, 0.15) is 39.0 Å². The number of hydrogen-bond acceptors (Lipinski definition) is 6. The van der Waals surface area contributed by atoms with Crippen LogP contribution in [-0.2, 0) is 9.53 Å². The molecule has 1 fully saturated rings. The lowest BCUT2D eigenvalue weighted by atomic mass is 9.98. The first-order valence-electron chi connectivity index (χ1n) is 10.9. The van der Waals surface area contributed by atoms with Crippen molar-refractivity contribution in [2.75, 3.05) is 23.4 Å². The van der Waals surface area contributed by atoms with Gasteiger partial charge in [-0.15, -0.1) is 0 Å². The van der Waals surface area contributed by atoms with Gasteiger partial charge < -0.3 is 19.2 Å². The number of imidazole rings is 1. The third-order valence-corrected chi connectivity index (χ3v) is 5.81. The van der Waals surface area contributed by atoms with Gasteiger partial charge in [-0.2, -0.15) is 0 Å². The molecule has 3 aromatic rings. The van der Waals surface area contributed by atoms with Crippen molar-refractivity contribution in [2.24, 2.45) is 0 Å². The van der Waals surface area contributed by atoms with Crippen LogP contribution >= 0.6 is 0 Å². The fourth-order valence-electron chi connectivity index (χ4n) is 4.24. The molecule has 2 amide bonds. The normalized spacial score (nSPS) is 16.3. The Morgan fingerprint density at radius 1 is 1.16 bits per heavy atom. The molecule has 0 bridgehead atoms. The molecule has 1 aliphatic carbocycles. The molecule has 166 valence electrons. The number of fused-ring (bicyclic) bond motifs is 2. The van der Waals surface area contributed by atoms with Crippen LogP contribution < -0.4 is 15.0 Å². The maximum Gasteiger partial charge on any atom is 0.414 e. The lowest BCUT2D eigenvalue weighted by Gasteiger charge is -2.31. The molecule has 5 rings (SSSR count). The van der Waals surface area contributed by atoms with Gasteiger partial charge in [0.25, 0.3) is 0 Å². The Labute approximate surface area is 185 Å². The van der Waals surface area contributed by atoms with Gasteiger partial charge in [0.15, 0.2) is 5.82 Å². The highest BCUT2D eigenvalue weighted by Crippen LogP contribution is 2.34. The molecule has 0 saturated heterocycles. The number of pyridine rings is 2. The van der Waals surface area contributed by atoms with Crippen LogP contribution in [0.25, 0.3) is 16.8 Å². The van der Waals surface area contributed by atoms with Crippen molar-refractivity contribution >= 4 is 29.2 Å². The Bertz CT molecular complexity index is 1170. The van der Waals surface area contributed by atoms with E-state index in [2.05, 4.69) is 15.3 Å². The quantitative estimate of drug-likeness (QED) is 0.667. The molecule has 0 aromatic carbocycles. The molecule has 9 nitrogen and oxygen atoms in total. The number of carbonyl (C=O) groups is 2. The third kappa shape index (κ3) is 4.10. The Morgan fingerprint density at radius 3 is 2.81 bits per heavy atom. The van der Waals surface area contributed by atoms with E-state index in [1.807, 2.05) is 28.8 Å². The molecule has 4 heterocycles. The van der Waals surface area contributed by atoms with E-state index in [-0.39, 0.29) is 18.1 Å². The second kappa shape index (κ2) is 8.49. The van der Waals surface area contributed by atoms with Crippen molar-refractivity contribution < 1.29 is 19.1 Å². The minimum Gasteiger partial charge on any atom is -0.474 e. The van der Waals surface area contributed by atoms with Crippen molar-refractivity contribution in [3.8, 4) is 17.0 Å². The maximum absolute atomic E-state index is 12.9. The zero-order chi connectivity index (χ0) is 22.1. The highest BCUT2D eigenvalue weighted by molar-refractivity contribution is 5.91. The molecule has 0 atom stereocenters. The Hall–Kier alpha value is -3.62. The lowest BCUT2D eigenvalue weighted by Crippen LogP contribution is -2.40. The lowest BCUT2D eigenvalue weighted by molar-refractivity contribution is -0.114. The number of anilines is 2. The second-order valence-electron chi connectivity index (χ2n) is 8.18. The summed E-state index contributed by atoms with van der Waals surface area (Å²) in [4.78, 5) is 34.7. The van der Waals surface area contributed by atoms with Crippen LogP contribution in [0.3, 0.4) is 0 Å². The van der Waals surface area contributed by atoms with E-state index in [4.69, 9.17) is 9.47 Å². The highest BCUT2D eigenvalue weighted by atomic mass is 16.6. The highest BCUT2D eigenvalue weighted by Gasteiger charge is 2.29. The van der Waals surface area contributed by atoms with Crippen molar-refractivity contribution in [2.45, 2.75) is 45.1 Å². The Morgan fingerprint density at radius 2 is 2.00 bits per heavy atom. The predicted octanol–water partition coefficient (Wildman–Crippen LogP) is 4.02. The molecular formula is C23H25N5O4. The van der Waals surface area contributed by atoms with E-state index in [9.17, 15) is 9.59 Å². The maximum atomic E-state index is 12.9. The van der Waals surface area contributed by atoms with Crippen molar-refractivity contribution in [1.29, 1.82) is 0 Å². The molecule has 2 aliphatic rings. The van der Waals surface area contributed by atoms with Crippen molar-refractivity contribution in [1.82, 2.24) is 14.4 Å². The van der Waals surface area contributed by atoms with Gasteiger partial charge in [-0.05, 0) is 43.9 Å². The van der Waals surface area contributed by atoms with Crippen LogP contribution in [0, 0.1) is 0 Å². The van der Waals surface area contributed by atoms with Gasteiger partial charge in [-0.1, -0.05) is 6.42 Å². The van der Waals surface area contributed by atoms with Gasteiger partial charge in [-0.3, -0.25) is 9.69 Å². The Kier molecular flexibility index (Phi) is 5.38. The van der Waals surface area contributed by atoms with Crippen LogP contribution in [0.15, 0.2) is 36.8 Å². The first-order valence-corrected chi connectivity index (χ1v) is 10.9. The van der Waals surface area contributed by atoms with Gasteiger partial charge in [-0.25, -0.2) is 14.8 Å². The first kappa shape index (κ1) is 20.3. The standard InChI is InChI=1S/C23H25N5O4/c1-15(29)25-20-14-27-13-16(7-8-21(27)26-20)17-11-19-22(24-12-17)31-10-9-28(19)23(30)32-18-5-3-2-4-6-18/h7-8,11-14,18H,2-6,9-10H2,1H3,(H,25,29). The first-order chi connectivity index (χ1) is 15.6. The smallest absolute Gasteiger partial charge is 0.414 e. The predicted molar refractivity (Wildman–Crippen MR) is 119 cm³/mol. The summed E-state index contributed by atoms with van der Waals surface area (Å²) in [6.45, 7) is 2.25. The summed E-state index contributed by atoms with van der Waals surface area (Å²) in [5, 5.41) is 2.69. The number of hydrogen-bond donors (Lipinski definition) is 1. The fraction of sp³-hybridized carbons (Fsp3) is 0.391. The van der Waals surface area contributed by atoms with Gasteiger partial charge >= 0.3 is 6.09 Å². The van der Waals surface area contributed by atoms with Gasteiger partial charge in [0.1, 0.15) is 24.0 Å². The average Bonchev–Trinajstić information content (AvgIpc) is 3.19. The second-order valence-corrected chi connectivity index (χ2v) is 8.18. The largest absolute Gasteiger partial charge is 0.474 e. The molecule has 0 spiro atoms. The SMILES string of the molecule is CC(=O)Nc1cn2cc(-c3cnc4c(c3)N(C(=O)OC3CCCCC3)CCO4)ccc2n1. The summed E-state index contributed by atoms with van der Waals surface area (Å²) >= 11 is 0. The molecule has 1 aliphatic heterocycles. The summed E-state index contributed by atoms with van der Waals surface area (Å²) in [6, 6.07) is 5.69. The number of carbonyl (C=O) groups excluding carboxylic acids is 2. The van der Waals surface area contributed by atoms with Crippen LogP contribution in [0.5, 0.6) is 5.88 Å². The minimum absolute atomic E-state index is 0.0138. The summed E-state index contributed by atoms with van der Waals surface area (Å²) in [5.41, 5.74) is 3.05. The van der Waals surface area contributed by atoms with E-state index in [1.54, 1.807) is 17.3 Å². The van der Waals surface area contributed by atoms with Gasteiger partial charge in [0, 0.05) is 30.4 Å². The van der Waals surface area contributed by atoms with E-state index in [0.717, 1.165) is 36.8 Å². The zero-order valence-corrected chi connectivity index (χ0v) is 17.9. The third-order valence-electron chi connectivity index (χ3n) is 5.81. The van der Waals surface area contributed by atoms with Crippen LogP contribution in [0.4, 0.5) is 16.3 Å². The van der Waals surface area contributed by atoms with Crippen molar-refractivity contribution in [3.63, 3.8) is 0 Å². The average molecular weight is 435 g/mol. The number of aromatic nitrogens is 3. The van der Waals surface area contributed by atoms with E-state index < -0.39 is 0 Å². The summed E-state index contributed by atoms with van der Waals surface area (Å²) in [7, 11) is 0. The Balaban J connectivity index is 1.42. The number of amides is 2. The number of nitrogens with one attached hydrogen (secondary N) is 1. The van der Waals surface area contributed by atoms with Gasteiger partial charge in [0.05, 0.1) is 12.7 Å². The zero-order valence-electron chi connectivity index (χ0n) is 17.9. The van der Waals surface area contributed by atoms with E-state index >= 15 is 0 Å². The molecule has 3 aromatic heterocycles. The summed E-state index contributed by atoms with van der Waals surface area (Å²) in [6.07, 6.45) is 10.3. The molecule has 0 radical (unpaired) electrons. The molecule has 9 heteroatoms. The van der Waals surface area contributed by atoms with E-state index in [1.165, 1.54) is 13.3 Å². The number of nitrogens with zero attached hydrogens (tertiary/aromatic N) is 4. The van der Waals surface area contributed by atoms with Gasteiger partial charge in [0.2, 0.25) is 11.8 Å². The summed E-state index contributed by atoms with van der Waals surface area (Å²) < 4.78 is 13.3. The molecule has 32 heavy (non-hydrogen) atoms. The summed E-state index contributed by atoms with van der Waals surface area (Å²) in [5.74, 6) is 0.744. The van der Waals surface area contributed by atoms with E-state index in [0.29, 0.717) is 36.2 Å². The minimum atomic E-state index is -0.342. The number of rotatable bonds is 3. The monoisotopic (exact) mass is 435 g/mol. The van der Waals surface area contributed by atoms with Crippen molar-refractivity contribution in [3.05, 3.63) is 36.8 Å². The fourth-order valence-corrected chi connectivity index (χ4v) is 4.24. The molecule has 1 N–H and O–H groups in total. The molecular weight excluding hydrogens is 410 g/mol. The molecule has 1 saturated carbocycles. The molecule has 0 unspecified atom stereocenters. The topological polar surface area (TPSA) is 98.1 Å². The van der Waals surface area contributed by atoms with Crippen LogP contribution in [-0.4, -0.2) is 45.6 Å². The van der Waals surface area contributed by atoms with Crippen LogP contribution in [0.2, 0.25) is 0 Å².